The molecule has 0 atom stereocenters. The number of hydrogen-bond donors (Lipinski definition) is 0. The van der Waals surface area contributed by atoms with Gasteiger partial charge in [-0.25, -0.2) is 9.90 Å². The molecule has 0 saturated carbocycles. The Kier molecular flexibility index (Phi) is 2.32. The largest absolute Gasteiger partial charge is 0.456 e. The fourth-order valence-electron chi connectivity index (χ4n) is 0.780. The first kappa shape index (κ1) is 9.64. The standard InChI is InChI=1S/C9H11O4/c1-9(2,3)13-8(11)6-4-5-12-7(6)10/h4-5H,1-3H3. The second kappa shape index (κ2) is 3.12. The zero-order valence-corrected chi connectivity index (χ0v) is 7.79. The molecule has 1 radical (unpaired) electrons. The smallest absolute Gasteiger partial charge is 0.350 e. The lowest BCUT2D eigenvalue weighted by atomic mass is 10.2. The fourth-order valence-corrected chi connectivity index (χ4v) is 0.780. The van der Waals surface area contributed by atoms with Crippen molar-refractivity contribution in [2.45, 2.75) is 26.4 Å². The van der Waals surface area contributed by atoms with E-state index in [4.69, 9.17) is 4.74 Å². The maximum Gasteiger partial charge on any atom is 0.350 e. The van der Waals surface area contributed by atoms with E-state index < -0.39 is 17.5 Å². The molecule has 71 valence electrons. The van der Waals surface area contributed by atoms with Gasteiger partial charge in [0.2, 0.25) is 0 Å². The van der Waals surface area contributed by atoms with Crippen LogP contribution in [0.2, 0.25) is 0 Å². The van der Waals surface area contributed by atoms with Crippen molar-refractivity contribution >= 4 is 5.97 Å². The Morgan fingerprint density at radius 3 is 2.46 bits per heavy atom. The Hall–Kier alpha value is -1.45. The van der Waals surface area contributed by atoms with Gasteiger partial charge < -0.3 is 9.15 Å². The Bertz CT molecular complexity index is 306. The first-order valence-electron chi connectivity index (χ1n) is 3.88. The number of furan rings is 1. The third kappa shape index (κ3) is 2.50. The third-order valence-corrected chi connectivity index (χ3v) is 1.25. The number of esters is 1. The molecule has 0 N–H and O–H groups in total. The second-order valence-electron chi connectivity index (χ2n) is 3.62. The summed E-state index contributed by atoms with van der Waals surface area (Å²) in [7, 11) is 0. The Balaban J connectivity index is 2.76. The summed E-state index contributed by atoms with van der Waals surface area (Å²) in [4.78, 5) is 11.3. The van der Waals surface area contributed by atoms with Crippen molar-refractivity contribution in [1.29, 1.82) is 0 Å². The predicted octanol–water partition coefficient (Wildman–Crippen LogP) is 2.38. The normalized spacial score (nSPS) is 11.3. The van der Waals surface area contributed by atoms with Crippen molar-refractivity contribution in [3.8, 4) is 5.95 Å². The van der Waals surface area contributed by atoms with E-state index in [1.807, 2.05) is 0 Å². The van der Waals surface area contributed by atoms with Crippen molar-refractivity contribution in [1.82, 2.24) is 0 Å². The molecule has 1 aromatic heterocycles. The number of hydrogen-bond acceptors (Lipinski definition) is 3. The zero-order chi connectivity index (χ0) is 10.1. The van der Waals surface area contributed by atoms with Crippen molar-refractivity contribution in [2.75, 3.05) is 0 Å². The maximum absolute atomic E-state index is 11.3. The van der Waals surface area contributed by atoms with Crippen LogP contribution in [0, 0.1) is 0 Å². The second-order valence-corrected chi connectivity index (χ2v) is 3.62. The molecule has 0 aliphatic carbocycles. The topological polar surface area (TPSA) is 59.3 Å². The molecule has 0 fully saturated rings. The molecular formula is C9H11O4. The SMILES string of the molecule is CC(C)(C)OC(=O)c1ccoc1[O]. The van der Waals surface area contributed by atoms with Gasteiger partial charge in [-0.3, -0.25) is 0 Å². The minimum Gasteiger partial charge on any atom is -0.456 e. The molecule has 0 aliphatic rings. The average Bonchev–Trinajstić information content (AvgIpc) is 2.30. The molecule has 0 unspecified atom stereocenters. The molecular weight excluding hydrogens is 172 g/mol. The summed E-state index contributed by atoms with van der Waals surface area (Å²) in [5.41, 5.74) is -0.657. The first-order chi connectivity index (χ1) is 5.90. The van der Waals surface area contributed by atoms with Crippen LogP contribution < -0.4 is 0 Å². The summed E-state index contributed by atoms with van der Waals surface area (Å²) in [6, 6.07) is 1.30. The van der Waals surface area contributed by atoms with E-state index in [2.05, 4.69) is 4.42 Å². The highest BCUT2D eigenvalue weighted by Crippen LogP contribution is 2.21. The van der Waals surface area contributed by atoms with E-state index in [1.54, 1.807) is 20.8 Å². The van der Waals surface area contributed by atoms with Crippen LogP contribution in [0.3, 0.4) is 0 Å². The Morgan fingerprint density at radius 1 is 1.46 bits per heavy atom. The molecule has 0 saturated heterocycles. The van der Waals surface area contributed by atoms with Gasteiger partial charge >= 0.3 is 11.9 Å². The van der Waals surface area contributed by atoms with Gasteiger partial charge in [0.15, 0.2) is 0 Å². The fraction of sp³-hybridized carbons (Fsp3) is 0.444. The molecule has 0 bridgehead atoms. The van der Waals surface area contributed by atoms with E-state index in [-0.39, 0.29) is 5.56 Å². The monoisotopic (exact) mass is 183 g/mol. The van der Waals surface area contributed by atoms with Crippen LogP contribution in [0.1, 0.15) is 31.1 Å². The van der Waals surface area contributed by atoms with Gasteiger partial charge in [-0.05, 0) is 26.8 Å². The number of rotatable bonds is 1. The van der Waals surface area contributed by atoms with Crippen LogP contribution in [0.4, 0.5) is 0 Å². The number of carbonyl (C=O) groups excluding carboxylic acids is 1. The molecule has 0 spiro atoms. The molecule has 1 rings (SSSR count). The van der Waals surface area contributed by atoms with Crippen LogP contribution in [0.5, 0.6) is 5.95 Å². The lowest BCUT2D eigenvalue weighted by molar-refractivity contribution is 0.00627. The average molecular weight is 183 g/mol. The predicted molar refractivity (Wildman–Crippen MR) is 44.0 cm³/mol. The highest BCUT2D eigenvalue weighted by Gasteiger charge is 2.22. The Labute approximate surface area is 76.1 Å². The highest BCUT2D eigenvalue weighted by molar-refractivity contribution is 5.91. The Morgan fingerprint density at radius 2 is 2.08 bits per heavy atom. The lowest BCUT2D eigenvalue weighted by Crippen LogP contribution is -2.23. The molecule has 0 aromatic carbocycles. The summed E-state index contributed by atoms with van der Waals surface area (Å²) in [6.45, 7) is 5.19. The first-order valence-corrected chi connectivity index (χ1v) is 3.88. The van der Waals surface area contributed by atoms with Gasteiger partial charge in [-0.1, -0.05) is 0 Å². The quantitative estimate of drug-likeness (QED) is 0.628. The van der Waals surface area contributed by atoms with Gasteiger partial charge in [0, 0.05) is 0 Å². The molecule has 0 aliphatic heterocycles. The molecule has 1 heterocycles. The van der Waals surface area contributed by atoms with Gasteiger partial charge in [0.1, 0.15) is 11.2 Å². The van der Waals surface area contributed by atoms with E-state index in [0.29, 0.717) is 0 Å². The number of carbonyl (C=O) groups is 1. The maximum atomic E-state index is 11.3. The van der Waals surface area contributed by atoms with Crippen LogP contribution in [0.15, 0.2) is 16.7 Å². The summed E-state index contributed by atoms with van der Waals surface area (Å²) in [5.74, 6) is -1.31. The molecule has 4 heteroatoms. The summed E-state index contributed by atoms with van der Waals surface area (Å²) >= 11 is 0. The van der Waals surface area contributed by atoms with Crippen molar-refractivity contribution < 1.29 is 19.1 Å². The minimum atomic E-state index is -0.658. The summed E-state index contributed by atoms with van der Waals surface area (Å²) in [5, 5.41) is 10.9. The van der Waals surface area contributed by atoms with Gasteiger partial charge in [-0.15, -0.1) is 0 Å². The van der Waals surface area contributed by atoms with Crippen LogP contribution >= 0.6 is 0 Å². The molecule has 13 heavy (non-hydrogen) atoms. The van der Waals surface area contributed by atoms with Gasteiger partial charge in [-0.2, -0.15) is 0 Å². The highest BCUT2D eigenvalue weighted by atomic mass is 16.6. The van der Waals surface area contributed by atoms with Crippen molar-refractivity contribution in [3.63, 3.8) is 0 Å². The van der Waals surface area contributed by atoms with E-state index in [9.17, 15) is 9.90 Å². The van der Waals surface area contributed by atoms with Gasteiger partial charge in [0.25, 0.3) is 0 Å². The third-order valence-electron chi connectivity index (χ3n) is 1.25. The zero-order valence-electron chi connectivity index (χ0n) is 7.79. The van der Waals surface area contributed by atoms with E-state index >= 15 is 0 Å². The van der Waals surface area contributed by atoms with E-state index in [0.717, 1.165) is 0 Å². The number of ether oxygens (including phenoxy) is 1. The van der Waals surface area contributed by atoms with Crippen LogP contribution in [0.25, 0.3) is 0 Å². The molecule has 4 nitrogen and oxygen atoms in total. The molecule has 0 amide bonds. The van der Waals surface area contributed by atoms with E-state index in [1.165, 1.54) is 12.3 Å². The van der Waals surface area contributed by atoms with Crippen molar-refractivity contribution in [3.05, 3.63) is 17.9 Å². The summed E-state index contributed by atoms with van der Waals surface area (Å²) in [6.07, 6.45) is 1.17. The van der Waals surface area contributed by atoms with Crippen LogP contribution in [-0.2, 0) is 9.84 Å². The van der Waals surface area contributed by atoms with Crippen LogP contribution in [-0.4, -0.2) is 11.6 Å². The lowest BCUT2D eigenvalue weighted by Gasteiger charge is -2.18. The van der Waals surface area contributed by atoms with Crippen molar-refractivity contribution in [2.24, 2.45) is 0 Å². The minimum absolute atomic E-state index is 0.0603. The molecule has 1 aromatic rings. The van der Waals surface area contributed by atoms with Gasteiger partial charge in [0.05, 0.1) is 6.26 Å². The summed E-state index contributed by atoms with van der Waals surface area (Å²) < 4.78 is 9.41.